The van der Waals surface area contributed by atoms with Gasteiger partial charge in [-0.3, -0.25) is 4.99 Å². The van der Waals surface area contributed by atoms with Crippen LogP contribution in [0.15, 0.2) is 45.9 Å². The Bertz CT molecular complexity index is 595. The summed E-state index contributed by atoms with van der Waals surface area (Å²) < 4.78 is 10.5. The monoisotopic (exact) mass is 302 g/mol. The summed E-state index contributed by atoms with van der Waals surface area (Å²) in [5, 5.41) is 10.5. The minimum Gasteiger partial charge on any atom is -0.383 e. The Balaban J connectivity index is 1.90. The molecule has 0 aliphatic carbocycles. The molecule has 0 bridgehead atoms. The third kappa shape index (κ3) is 4.60. The van der Waals surface area contributed by atoms with Crippen LogP contribution in [0.25, 0.3) is 11.3 Å². The molecule has 0 spiro atoms. The second-order valence-electron chi connectivity index (χ2n) is 4.98. The summed E-state index contributed by atoms with van der Waals surface area (Å²) in [5.74, 6) is 1.46. The van der Waals surface area contributed by atoms with Gasteiger partial charge in [-0.15, -0.1) is 0 Å². The largest absolute Gasteiger partial charge is 0.383 e. The zero-order valence-electron chi connectivity index (χ0n) is 13.2. The lowest BCUT2D eigenvalue weighted by atomic mass is 10.2. The van der Waals surface area contributed by atoms with Gasteiger partial charge in [0.2, 0.25) is 0 Å². The van der Waals surface area contributed by atoms with Crippen molar-refractivity contribution >= 4 is 5.96 Å². The topological polar surface area (TPSA) is 71.7 Å². The van der Waals surface area contributed by atoms with Crippen molar-refractivity contribution in [1.82, 2.24) is 15.8 Å². The van der Waals surface area contributed by atoms with Gasteiger partial charge in [-0.05, 0) is 6.92 Å². The molecular weight excluding hydrogens is 280 g/mol. The molecule has 1 atom stereocenters. The number of nitrogens with one attached hydrogen (secondary N) is 2. The molecule has 0 saturated heterocycles. The van der Waals surface area contributed by atoms with Crippen LogP contribution in [0.1, 0.15) is 12.6 Å². The van der Waals surface area contributed by atoms with Crippen molar-refractivity contribution < 1.29 is 9.26 Å². The number of guanidine groups is 1. The van der Waals surface area contributed by atoms with Crippen molar-refractivity contribution in [2.75, 3.05) is 20.8 Å². The normalized spacial score (nSPS) is 13.0. The van der Waals surface area contributed by atoms with Crippen molar-refractivity contribution in [3.63, 3.8) is 0 Å². The summed E-state index contributed by atoms with van der Waals surface area (Å²) in [7, 11) is 3.40. The molecule has 2 N–H and O–H groups in total. The van der Waals surface area contributed by atoms with E-state index in [0.717, 1.165) is 17.0 Å². The average molecular weight is 302 g/mol. The van der Waals surface area contributed by atoms with Gasteiger partial charge in [-0.1, -0.05) is 35.5 Å². The molecule has 1 unspecified atom stereocenters. The fraction of sp³-hybridized carbons (Fsp3) is 0.375. The minimum absolute atomic E-state index is 0.174. The van der Waals surface area contributed by atoms with E-state index < -0.39 is 0 Å². The zero-order valence-corrected chi connectivity index (χ0v) is 13.2. The molecule has 118 valence electrons. The van der Waals surface area contributed by atoms with E-state index in [1.165, 1.54) is 0 Å². The molecule has 0 radical (unpaired) electrons. The Hall–Kier alpha value is -2.34. The number of ether oxygens (including phenoxy) is 1. The van der Waals surface area contributed by atoms with Crippen LogP contribution in [0.4, 0.5) is 0 Å². The number of rotatable bonds is 6. The lowest BCUT2D eigenvalue weighted by Crippen LogP contribution is -2.43. The predicted octanol–water partition coefficient (Wildman–Crippen LogP) is 2.04. The molecule has 0 saturated carbocycles. The highest BCUT2D eigenvalue weighted by Gasteiger charge is 2.08. The zero-order chi connectivity index (χ0) is 15.8. The van der Waals surface area contributed by atoms with Crippen LogP contribution in [0, 0.1) is 0 Å². The maximum atomic E-state index is 5.37. The molecule has 0 fully saturated rings. The molecule has 1 heterocycles. The van der Waals surface area contributed by atoms with E-state index in [9.17, 15) is 0 Å². The Kier molecular flexibility index (Phi) is 5.97. The fourth-order valence-corrected chi connectivity index (χ4v) is 2.03. The van der Waals surface area contributed by atoms with Crippen LogP contribution in [0.2, 0.25) is 0 Å². The van der Waals surface area contributed by atoms with Crippen LogP contribution in [-0.2, 0) is 11.3 Å². The van der Waals surface area contributed by atoms with Crippen molar-refractivity contribution in [3.8, 4) is 11.3 Å². The summed E-state index contributed by atoms with van der Waals surface area (Å²) in [6.07, 6.45) is 0. The highest BCUT2D eigenvalue weighted by atomic mass is 16.5. The van der Waals surface area contributed by atoms with E-state index in [2.05, 4.69) is 20.8 Å². The van der Waals surface area contributed by atoms with E-state index in [1.807, 2.05) is 43.3 Å². The number of aromatic nitrogens is 1. The van der Waals surface area contributed by atoms with Crippen LogP contribution in [0.3, 0.4) is 0 Å². The number of benzene rings is 1. The SMILES string of the molecule is CN=C(NCc1cc(-c2ccccc2)on1)NC(C)COC. The van der Waals surface area contributed by atoms with Gasteiger partial charge in [-0.25, -0.2) is 0 Å². The first-order chi connectivity index (χ1) is 10.7. The Labute approximate surface area is 130 Å². The maximum absolute atomic E-state index is 5.37. The molecule has 6 heteroatoms. The molecular formula is C16H22N4O2. The van der Waals surface area contributed by atoms with Gasteiger partial charge in [-0.2, -0.15) is 0 Å². The van der Waals surface area contributed by atoms with Gasteiger partial charge in [0.25, 0.3) is 0 Å². The van der Waals surface area contributed by atoms with Gasteiger partial charge < -0.3 is 19.9 Å². The van der Waals surface area contributed by atoms with Crippen molar-refractivity contribution in [1.29, 1.82) is 0 Å². The van der Waals surface area contributed by atoms with Gasteiger partial charge in [0.05, 0.1) is 13.2 Å². The first kappa shape index (κ1) is 16.0. The molecule has 2 rings (SSSR count). The summed E-state index contributed by atoms with van der Waals surface area (Å²) in [6, 6.07) is 12.0. The fourth-order valence-electron chi connectivity index (χ4n) is 2.03. The van der Waals surface area contributed by atoms with Crippen molar-refractivity contribution in [2.45, 2.75) is 19.5 Å². The molecule has 2 aromatic rings. The van der Waals surface area contributed by atoms with E-state index in [0.29, 0.717) is 19.1 Å². The summed E-state index contributed by atoms with van der Waals surface area (Å²) in [4.78, 5) is 4.17. The first-order valence-corrected chi connectivity index (χ1v) is 7.20. The number of aliphatic imine (C=N–C) groups is 1. The van der Waals surface area contributed by atoms with Crippen LogP contribution >= 0.6 is 0 Å². The smallest absolute Gasteiger partial charge is 0.191 e. The van der Waals surface area contributed by atoms with Crippen LogP contribution in [-0.4, -0.2) is 37.9 Å². The van der Waals surface area contributed by atoms with Gasteiger partial charge in [0.1, 0.15) is 5.69 Å². The molecule has 0 aliphatic rings. The van der Waals surface area contributed by atoms with E-state index in [4.69, 9.17) is 9.26 Å². The summed E-state index contributed by atoms with van der Waals surface area (Å²) in [6.45, 7) is 3.18. The maximum Gasteiger partial charge on any atom is 0.191 e. The summed E-state index contributed by atoms with van der Waals surface area (Å²) in [5.41, 5.74) is 1.83. The van der Waals surface area contributed by atoms with Crippen LogP contribution in [0.5, 0.6) is 0 Å². The lowest BCUT2D eigenvalue weighted by molar-refractivity contribution is 0.179. The third-order valence-corrected chi connectivity index (χ3v) is 3.08. The van der Waals surface area contributed by atoms with Crippen LogP contribution < -0.4 is 10.6 Å². The molecule has 1 aromatic carbocycles. The molecule has 0 amide bonds. The molecule has 1 aromatic heterocycles. The molecule has 22 heavy (non-hydrogen) atoms. The van der Waals surface area contributed by atoms with E-state index >= 15 is 0 Å². The van der Waals surface area contributed by atoms with E-state index in [-0.39, 0.29) is 6.04 Å². The Morgan fingerprint density at radius 2 is 2.14 bits per heavy atom. The van der Waals surface area contributed by atoms with Gasteiger partial charge in [0.15, 0.2) is 11.7 Å². The molecule has 6 nitrogen and oxygen atoms in total. The third-order valence-electron chi connectivity index (χ3n) is 3.08. The Morgan fingerprint density at radius 3 is 2.82 bits per heavy atom. The van der Waals surface area contributed by atoms with Gasteiger partial charge >= 0.3 is 0 Å². The second-order valence-corrected chi connectivity index (χ2v) is 4.98. The van der Waals surface area contributed by atoms with E-state index in [1.54, 1.807) is 14.2 Å². The van der Waals surface area contributed by atoms with Gasteiger partial charge in [0, 0.05) is 31.8 Å². The number of methoxy groups -OCH3 is 1. The second kappa shape index (κ2) is 8.19. The highest BCUT2D eigenvalue weighted by Crippen LogP contribution is 2.19. The Morgan fingerprint density at radius 1 is 1.36 bits per heavy atom. The average Bonchev–Trinajstić information content (AvgIpc) is 3.01. The number of nitrogens with zero attached hydrogens (tertiary/aromatic N) is 2. The number of hydrogen-bond donors (Lipinski definition) is 2. The highest BCUT2D eigenvalue weighted by molar-refractivity contribution is 5.79. The minimum atomic E-state index is 0.174. The lowest BCUT2D eigenvalue weighted by Gasteiger charge is -2.16. The quantitative estimate of drug-likeness (QED) is 0.631. The number of hydrogen-bond acceptors (Lipinski definition) is 4. The van der Waals surface area contributed by atoms with Crippen molar-refractivity contribution in [3.05, 3.63) is 42.1 Å². The standard InChI is InChI=1S/C16H22N4O2/c1-12(11-21-3)19-16(17-2)18-10-14-9-15(22-20-14)13-7-5-4-6-8-13/h4-9,12H,10-11H2,1-3H3,(H2,17,18,19). The van der Waals surface area contributed by atoms with Crippen molar-refractivity contribution in [2.24, 2.45) is 4.99 Å². The predicted molar refractivity (Wildman–Crippen MR) is 86.6 cm³/mol. The first-order valence-electron chi connectivity index (χ1n) is 7.20. The summed E-state index contributed by atoms with van der Waals surface area (Å²) >= 11 is 0. The molecule has 0 aliphatic heterocycles.